The summed E-state index contributed by atoms with van der Waals surface area (Å²) in [5, 5.41) is 8.01. The Balaban J connectivity index is 6.11. The van der Waals surface area contributed by atoms with Crippen LogP contribution in [0.1, 0.15) is 0 Å². The van der Waals surface area contributed by atoms with Gasteiger partial charge in [0.05, 0.1) is 0 Å². The van der Waals surface area contributed by atoms with E-state index in [0.717, 1.165) is 0 Å². The Hall–Kier alpha value is -1.23. The summed E-state index contributed by atoms with van der Waals surface area (Å²) in [6.07, 6.45) is -20.1. The maximum atomic E-state index is 12.2. The molecule has 0 saturated carbocycles. The van der Waals surface area contributed by atoms with Crippen molar-refractivity contribution in [1.29, 1.82) is 0 Å². The Morgan fingerprint density at radius 2 is 0.889 bits per heavy atom. The van der Waals surface area contributed by atoms with E-state index in [4.69, 9.17) is 5.11 Å². The van der Waals surface area contributed by atoms with Gasteiger partial charge in [0.25, 0.3) is 0 Å². The number of rotatable bonds is 1. The number of alkyl halides is 11. The SMILES string of the molecule is OC(=C(C(F)(F)F)C(F)(F)F)C(F)(F)C(F)(F)F. The molecule has 18 heavy (non-hydrogen) atoms. The molecule has 0 aromatic heterocycles. The van der Waals surface area contributed by atoms with Gasteiger partial charge in [-0.25, -0.2) is 0 Å². The van der Waals surface area contributed by atoms with E-state index in [1.54, 1.807) is 0 Å². The molecule has 0 saturated heterocycles. The molecular formula is C6HF11O. The minimum Gasteiger partial charge on any atom is -0.506 e. The number of aliphatic hydroxyl groups excluding tert-OH is 1. The zero-order valence-electron chi connectivity index (χ0n) is 7.60. The highest BCUT2D eigenvalue weighted by molar-refractivity contribution is 5.25. The summed E-state index contributed by atoms with van der Waals surface area (Å²) in [6, 6.07) is 0. The first-order valence-corrected chi connectivity index (χ1v) is 3.55. The molecule has 1 nitrogen and oxygen atoms in total. The second-order valence-electron chi connectivity index (χ2n) is 2.79. The van der Waals surface area contributed by atoms with Gasteiger partial charge < -0.3 is 5.11 Å². The Bertz CT molecular complexity index is 324. The number of hydrogen-bond acceptors (Lipinski definition) is 1. The summed E-state index contributed by atoms with van der Waals surface area (Å²) >= 11 is 0. The van der Waals surface area contributed by atoms with Gasteiger partial charge in [0, 0.05) is 0 Å². The van der Waals surface area contributed by atoms with Gasteiger partial charge in [-0.3, -0.25) is 0 Å². The molecule has 0 rings (SSSR count). The van der Waals surface area contributed by atoms with Gasteiger partial charge in [-0.15, -0.1) is 0 Å². The average molecular weight is 298 g/mol. The fourth-order valence-corrected chi connectivity index (χ4v) is 0.720. The number of allylic oxidation sites excluding steroid dienone is 2. The van der Waals surface area contributed by atoms with E-state index in [9.17, 15) is 48.3 Å². The number of hydrogen-bond donors (Lipinski definition) is 1. The first-order valence-electron chi connectivity index (χ1n) is 3.55. The van der Waals surface area contributed by atoms with Crippen LogP contribution in [-0.4, -0.2) is 29.6 Å². The molecule has 0 atom stereocenters. The molecule has 0 aliphatic carbocycles. The lowest BCUT2D eigenvalue weighted by Gasteiger charge is -2.23. The average Bonchev–Trinajstić information content (AvgIpc) is 1.95. The quantitative estimate of drug-likeness (QED) is 0.570. The van der Waals surface area contributed by atoms with E-state index < -0.39 is 35.8 Å². The molecule has 0 aliphatic rings. The van der Waals surface area contributed by atoms with Crippen LogP contribution in [0.3, 0.4) is 0 Å². The first-order chi connectivity index (χ1) is 7.53. The molecule has 1 N–H and O–H groups in total. The summed E-state index contributed by atoms with van der Waals surface area (Å²) in [6.45, 7) is 0. The van der Waals surface area contributed by atoms with Gasteiger partial charge >= 0.3 is 24.5 Å². The van der Waals surface area contributed by atoms with Crippen LogP contribution in [-0.2, 0) is 0 Å². The maximum absolute atomic E-state index is 12.2. The van der Waals surface area contributed by atoms with Gasteiger partial charge in [0.2, 0.25) is 0 Å². The Labute approximate surface area is 90.5 Å². The van der Waals surface area contributed by atoms with Crippen LogP contribution >= 0.6 is 0 Å². The van der Waals surface area contributed by atoms with Crippen molar-refractivity contribution in [1.82, 2.24) is 0 Å². The van der Waals surface area contributed by atoms with E-state index >= 15 is 0 Å². The van der Waals surface area contributed by atoms with Crippen molar-refractivity contribution in [3.63, 3.8) is 0 Å². The minimum absolute atomic E-state index is 4.14. The maximum Gasteiger partial charge on any atom is 0.461 e. The van der Waals surface area contributed by atoms with Crippen LogP contribution in [0.2, 0.25) is 0 Å². The molecular weight excluding hydrogens is 297 g/mol. The largest absolute Gasteiger partial charge is 0.506 e. The molecule has 0 radical (unpaired) electrons. The third-order valence-electron chi connectivity index (χ3n) is 1.46. The van der Waals surface area contributed by atoms with Crippen LogP contribution in [0.15, 0.2) is 11.3 Å². The monoisotopic (exact) mass is 298 g/mol. The molecule has 0 aromatic carbocycles. The molecule has 108 valence electrons. The van der Waals surface area contributed by atoms with Crippen molar-refractivity contribution in [2.45, 2.75) is 24.5 Å². The van der Waals surface area contributed by atoms with Crippen molar-refractivity contribution in [3.8, 4) is 0 Å². The van der Waals surface area contributed by atoms with Gasteiger partial charge in [0.1, 0.15) is 0 Å². The van der Waals surface area contributed by atoms with Crippen LogP contribution in [0.4, 0.5) is 48.3 Å². The van der Waals surface area contributed by atoms with Crippen molar-refractivity contribution in [2.24, 2.45) is 0 Å². The molecule has 0 spiro atoms. The number of aliphatic hydroxyl groups is 1. The van der Waals surface area contributed by atoms with Gasteiger partial charge in [-0.1, -0.05) is 0 Å². The van der Waals surface area contributed by atoms with Crippen LogP contribution in [0.25, 0.3) is 0 Å². The second-order valence-corrected chi connectivity index (χ2v) is 2.79. The standard InChI is InChI=1S/C6HF11O/c7-3(8,6(15,16)17)2(18)1(4(9,10)11)5(12,13)14/h18H. The lowest BCUT2D eigenvalue weighted by atomic mass is 10.1. The van der Waals surface area contributed by atoms with Crippen molar-refractivity contribution < 1.29 is 53.4 Å². The van der Waals surface area contributed by atoms with Gasteiger partial charge in [0.15, 0.2) is 11.3 Å². The van der Waals surface area contributed by atoms with Crippen LogP contribution in [0.5, 0.6) is 0 Å². The van der Waals surface area contributed by atoms with E-state index in [1.807, 2.05) is 0 Å². The van der Waals surface area contributed by atoms with Gasteiger partial charge in [-0.05, 0) is 0 Å². The summed E-state index contributed by atoms with van der Waals surface area (Å²) in [5.74, 6) is -10.8. The lowest BCUT2D eigenvalue weighted by molar-refractivity contribution is -0.279. The first kappa shape index (κ1) is 16.8. The highest BCUT2D eigenvalue weighted by Crippen LogP contribution is 2.48. The third kappa shape index (κ3) is 3.16. The summed E-state index contributed by atoms with van der Waals surface area (Å²) < 4.78 is 130. The molecule has 0 aromatic rings. The minimum atomic E-state index is -6.81. The van der Waals surface area contributed by atoms with E-state index in [-0.39, 0.29) is 0 Å². The van der Waals surface area contributed by atoms with Crippen molar-refractivity contribution in [2.75, 3.05) is 0 Å². The topological polar surface area (TPSA) is 20.2 Å². The number of halogens is 11. The van der Waals surface area contributed by atoms with Crippen molar-refractivity contribution >= 4 is 0 Å². The zero-order chi connectivity index (χ0) is 15.2. The summed E-state index contributed by atoms with van der Waals surface area (Å²) in [7, 11) is 0. The van der Waals surface area contributed by atoms with E-state index in [1.165, 1.54) is 0 Å². The lowest BCUT2D eigenvalue weighted by Crippen LogP contribution is -2.42. The highest BCUT2D eigenvalue weighted by Gasteiger charge is 2.66. The zero-order valence-corrected chi connectivity index (χ0v) is 7.60. The molecule has 0 fully saturated rings. The highest BCUT2D eigenvalue weighted by atomic mass is 19.4. The molecule has 0 bridgehead atoms. The molecule has 12 heteroatoms. The second kappa shape index (κ2) is 4.16. The fraction of sp³-hybridized carbons (Fsp3) is 0.667. The predicted molar refractivity (Wildman–Crippen MR) is 32.8 cm³/mol. The van der Waals surface area contributed by atoms with Gasteiger partial charge in [-0.2, -0.15) is 48.3 Å². The predicted octanol–water partition coefficient (Wildman–Crippen LogP) is 4.12. The summed E-state index contributed by atoms with van der Waals surface area (Å²) in [5.41, 5.74) is -4.31. The smallest absolute Gasteiger partial charge is 0.461 e. The summed E-state index contributed by atoms with van der Waals surface area (Å²) in [4.78, 5) is 0. The molecule has 0 amide bonds. The van der Waals surface area contributed by atoms with E-state index in [0.29, 0.717) is 0 Å². The molecule has 0 aliphatic heterocycles. The molecule has 0 unspecified atom stereocenters. The van der Waals surface area contributed by atoms with Crippen LogP contribution in [0, 0.1) is 0 Å². The van der Waals surface area contributed by atoms with Crippen molar-refractivity contribution in [3.05, 3.63) is 11.3 Å². The Morgan fingerprint density at radius 3 is 1.06 bits per heavy atom. The van der Waals surface area contributed by atoms with E-state index in [2.05, 4.69) is 0 Å². The van der Waals surface area contributed by atoms with Crippen LogP contribution < -0.4 is 0 Å². The third-order valence-corrected chi connectivity index (χ3v) is 1.46. The Morgan fingerprint density at radius 1 is 0.611 bits per heavy atom. The normalized spacial score (nSPS) is 14.6. The Kier molecular flexibility index (Phi) is 3.87. The fourth-order valence-electron chi connectivity index (χ4n) is 0.720. The molecule has 0 heterocycles.